The molecule has 0 amide bonds. The van der Waals surface area contributed by atoms with Crippen LogP contribution in [0.3, 0.4) is 0 Å². The number of aliphatic carboxylic acids is 1. The van der Waals surface area contributed by atoms with Crippen LogP contribution in [0.4, 0.5) is 23.5 Å². The van der Waals surface area contributed by atoms with Crippen molar-refractivity contribution in [1.29, 1.82) is 0 Å². The molecule has 384 valence electrons. The fourth-order valence-corrected chi connectivity index (χ4v) is 12.9. The summed E-state index contributed by atoms with van der Waals surface area (Å²) in [7, 11) is 0. The summed E-state index contributed by atoms with van der Waals surface area (Å²) in [5.41, 5.74) is 2.57. The van der Waals surface area contributed by atoms with E-state index in [0.717, 1.165) is 115 Å². The van der Waals surface area contributed by atoms with Gasteiger partial charge in [0.05, 0.1) is 37.9 Å². The minimum Gasteiger partial charge on any atom is -0.481 e. The number of rotatable bonds is 17. The van der Waals surface area contributed by atoms with Crippen molar-refractivity contribution < 1.29 is 19.4 Å². The predicted molar refractivity (Wildman–Crippen MR) is 295 cm³/mol. The van der Waals surface area contributed by atoms with Gasteiger partial charge in [-0.1, -0.05) is 58.5 Å². The van der Waals surface area contributed by atoms with E-state index in [1.54, 1.807) is 34.8 Å². The SMILES string of the molecule is CCOC(=O)C1(CCN2CCCC2)CCN(c2nc(NCc3ccc(Cl)cc3Cl)c3sccc3n2)CC1.O=C(O)C1(CCN2CCCC2)CCN(c2nc(NCc3ccc(Cl)cc3Cl)c3sccc3n2)CC1. The number of aromatic nitrogens is 4. The van der Waals surface area contributed by atoms with Crippen molar-refractivity contribution in [2.75, 3.05) is 92.5 Å². The number of carbonyl (C=O) groups excluding carboxylic acids is 1. The predicted octanol–water partition coefficient (Wildman–Crippen LogP) is 12.0. The van der Waals surface area contributed by atoms with Gasteiger partial charge in [0.15, 0.2) is 0 Å². The zero-order valence-electron chi connectivity index (χ0n) is 40.6. The van der Waals surface area contributed by atoms with Gasteiger partial charge in [0, 0.05) is 59.4 Å². The Morgan fingerprint density at radius 1 is 0.625 bits per heavy atom. The summed E-state index contributed by atoms with van der Waals surface area (Å²) >= 11 is 28.0. The van der Waals surface area contributed by atoms with Crippen LogP contribution in [0, 0.1) is 10.8 Å². The molecular formula is C52H62Cl4N10O4S2. The molecule has 0 saturated carbocycles. The molecule has 72 heavy (non-hydrogen) atoms. The van der Waals surface area contributed by atoms with E-state index in [-0.39, 0.29) is 5.97 Å². The zero-order valence-corrected chi connectivity index (χ0v) is 45.3. The van der Waals surface area contributed by atoms with E-state index in [1.165, 1.54) is 25.7 Å². The van der Waals surface area contributed by atoms with Crippen molar-refractivity contribution in [3.8, 4) is 0 Å². The van der Waals surface area contributed by atoms with Crippen LogP contribution in [0.2, 0.25) is 20.1 Å². The van der Waals surface area contributed by atoms with Crippen molar-refractivity contribution in [3.63, 3.8) is 0 Å². The molecule has 4 saturated heterocycles. The highest BCUT2D eigenvalue weighted by molar-refractivity contribution is 7.18. The largest absolute Gasteiger partial charge is 0.481 e. The summed E-state index contributed by atoms with van der Waals surface area (Å²) in [4.78, 5) is 54.0. The third-order valence-corrected chi connectivity index (χ3v) is 17.9. The minimum atomic E-state index is -0.673. The van der Waals surface area contributed by atoms with Crippen molar-refractivity contribution in [2.24, 2.45) is 10.8 Å². The second kappa shape index (κ2) is 24.0. The van der Waals surface area contributed by atoms with Gasteiger partial charge in [-0.05, 0) is 169 Å². The molecule has 0 atom stereocenters. The van der Waals surface area contributed by atoms with E-state index in [1.807, 2.05) is 54.1 Å². The maximum absolute atomic E-state index is 13.1. The average Bonchev–Trinajstić information content (AvgIpc) is 4.25. The number of thiophene rings is 2. The van der Waals surface area contributed by atoms with Crippen LogP contribution in [-0.2, 0) is 27.4 Å². The van der Waals surface area contributed by atoms with Crippen LogP contribution in [0.5, 0.6) is 0 Å². The summed E-state index contributed by atoms with van der Waals surface area (Å²) in [5, 5.41) is 23.5. The molecule has 2 aromatic carbocycles. The fourth-order valence-electron chi connectivity index (χ4n) is 10.4. The topological polar surface area (TPSA) is 152 Å². The first-order valence-corrected chi connectivity index (χ1v) is 28.4. The molecule has 8 heterocycles. The summed E-state index contributed by atoms with van der Waals surface area (Å²) in [6.45, 7) is 12.3. The average molecular weight is 1100 g/mol. The molecule has 0 spiro atoms. The Bertz CT molecular complexity index is 2820. The number of fused-ring (bicyclic) bond motifs is 2. The molecule has 0 radical (unpaired) electrons. The number of anilines is 4. The first-order chi connectivity index (χ1) is 34.9. The molecule has 4 aromatic heterocycles. The Labute approximate surface area is 449 Å². The van der Waals surface area contributed by atoms with Crippen molar-refractivity contribution in [3.05, 3.63) is 90.5 Å². The van der Waals surface area contributed by atoms with E-state index in [2.05, 4.69) is 30.2 Å². The highest BCUT2D eigenvalue weighted by Gasteiger charge is 2.44. The molecule has 0 bridgehead atoms. The van der Waals surface area contributed by atoms with Gasteiger partial charge in [0.1, 0.15) is 11.6 Å². The van der Waals surface area contributed by atoms with Crippen LogP contribution >= 0.6 is 69.1 Å². The van der Waals surface area contributed by atoms with Gasteiger partial charge in [-0.15, -0.1) is 22.7 Å². The Morgan fingerprint density at radius 3 is 1.47 bits per heavy atom. The van der Waals surface area contributed by atoms with E-state index >= 15 is 0 Å². The van der Waals surface area contributed by atoms with Crippen LogP contribution < -0.4 is 20.4 Å². The molecule has 20 heteroatoms. The second-order valence-electron chi connectivity index (χ2n) is 19.4. The summed E-state index contributed by atoms with van der Waals surface area (Å²) in [6.07, 6.45) is 9.18. The number of esters is 1. The molecule has 6 aromatic rings. The lowest BCUT2D eigenvalue weighted by Gasteiger charge is -2.40. The Kier molecular flexibility index (Phi) is 17.5. The van der Waals surface area contributed by atoms with Crippen molar-refractivity contribution in [1.82, 2.24) is 29.7 Å². The fraction of sp³-hybridized carbons (Fsp3) is 0.500. The van der Waals surface area contributed by atoms with E-state index in [0.29, 0.717) is 84.0 Å². The number of ether oxygens (including phenoxy) is 1. The van der Waals surface area contributed by atoms with Gasteiger partial charge in [-0.25, -0.2) is 9.97 Å². The molecule has 0 unspecified atom stereocenters. The number of piperidine rings is 2. The van der Waals surface area contributed by atoms with Crippen molar-refractivity contribution >= 4 is 125 Å². The lowest BCUT2D eigenvalue weighted by atomic mass is 9.75. The number of likely N-dealkylation sites (tertiary alicyclic amines) is 2. The summed E-state index contributed by atoms with van der Waals surface area (Å²) in [6, 6.07) is 15.0. The van der Waals surface area contributed by atoms with Crippen molar-refractivity contribution in [2.45, 2.75) is 84.2 Å². The minimum absolute atomic E-state index is 0.0507. The highest BCUT2D eigenvalue weighted by Crippen LogP contribution is 2.41. The molecule has 14 nitrogen and oxygen atoms in total. The van der Waals surface area contributed by atoms with E-state index in [9.17, 15) is 14.7 Å². The highest BCUT2D eigenvalue weighted by atomic mass is 35.5. The maximum Gasteiger partial charge on any atom is 0.312 e. The first kappa shape index (κ1) is 52.6. The molecule has 4 fully saturated rings. The number of carboxylic acids is 1. The number of nitrogens with zero attached hydrogens (tertiary/aromatic N) is 8. The molecular weight excluding hydrogens is 1030 g/mol. The van der Waals surface area contributed by atoms with Crippen LogP contribution in [-0.4, -0.2) is 119 Å². The number of carboxylic acid groups (broad SMARTS) is 1. The van der Waals surface area contributed by atoms with Gasteiger partial charge in [0.25, 0.3) is 0 Å². The third kappa shape index (κ3) is 12.5. The molecule has 0 aliphatic carbocycles. The Morgan fingerprint density at radius 2 is 1.06 bits per heavy atom. The number of hydrogen-bond acceptors (Lipinski definition) is 15. The number of halogens is 4. The van der Waals surface area contributed by atoms with Gasteiger partial charge >= 0.3 is 11.9 Å². The summed E-state index contributed by atoms with van der Waals surface area (Å²) < 4.78 is 7.56. The van der Waals surface area contributed by atoms with Crippen LogP contribution in [0.1, 0.15) is 82.3 Å². The zero-order chi connectivity index (χ0) is 50.2. The third-order valence-electron chi connectivity index (χ3n) is 14.9. The molecule has 4 aliphatic rings. The van der Waals surface area contributed by atoms with E-state index in [4.69, 9.17) is 71.1 Å². The number of hydrogen-bond donors (Lipinski definition) is 3. The van der Waals surface area contributed by atoms with Crippen LogP contribution in [0.15, 0.2) is 59.3 Å². The van der Waals surface area contributed by atoms with Crippen LogP contribution in [0.25, 0.3) is 20.4 Å². The standard InChI is InChI=1S/C27H33Cl2N5O2S.C25H29Cl2N5O2S/c1-2-36-25(35)27(8-13-33-11-3-4-12-33)9-14-34(15-10-27)26-31-22-7-16-37-23(22)24(32-26)30-18-19-5-6-20(28)17-21(19)29;26-18-4-3-17(19(27)15-18)16-28-22-21-20(5-14-35-21)29-24(30-22)32-12-7-25(8-13-32,23(33)34)6-11-31-9-1-2-10-31/h5-7,16-17H,2-4,8-15,18H2,1H3,(H,30,31,32);3-5,14-15H,1-2,6-13,16H2,(H,33,34)(H,28,29,30). The maximum atomic E-state index is 13.1. The Hall–Kier alpha value is -4.26. The normalized spacial score (nSPS) is 18.1. The van der Waals surface area contributed by atoms with Gasteiger partial charge in [0.2, 0.25) is 11.9 Å². The quantitative estimate of drug-likeness (QED) is 0.0743. The molecule has 4 aliphatic heterocycles. The summed E-state index contributed by atoms with van der Waals surface area (Å²) in [5.74, 6) is 2.15. The Balaban J connectivity index is 0.000000178. The number of benzene rings is 2. The molecule has 3 N–H and O–H groups in total. The second-order valence-corrected chi connectivity index (χ2v) is 22.9. The lowest BCUT2D eigenvalue weighted by molar-refractivity contribution is -0.157. The van der Waals surface area contributed by atoms with Gasteiger partial charge in [-0.3, -0.25) is 9.59 Å². The van der Waals surface area contributed by atoms with Gasteiger partial charge < -0.3 is 40.1 Å². The number of carbonyl (C=O) groups is 2. The number of nitrogens with one attached hydrogen (secondary N) is 2. The monoisotopic (exact) mass is 1090 g/mol. The first-order valence-electron chi connectivity index (χ1n) is 25.1. The molecule has 10 rings (SSSR count). The smallest absolute Gasteiger partial charge is 0.312 e. The van der Waals surface area contributed by atoms with E-state index < -0.39 is 16.8 Å². The van der Waals surface area contributed by atoms with Gasteiger partial charge in [-0.2, -0.15) is 9.97 Å². The lowest BCUT2D eigenvalue weighted by Crippen LogP contribution is -2.47.